The Morgan fingerprint density at radius 1 is 1.29 bits per heavy atom. The molecule has 0 atom stereocenters. The predicted molar refractivity (Wildman–Crippen MR) is 73.9 cm³/mol. The van der Waals surface area contributed by atoms with E-state index < -0.39 is 0 Å². The first-order chi connectivity index (χ1) is 8.26. The molecule has 0 fully saturated rings. The number of likely N-dealkylation sites (N-methyl/N-ethyl adjacent to an activating group) is 1. The fourth-order valence-corrected chi connectivity index (χ4v) is 2.69. The van der Waals surface area contributed by atoms with Crippen LogP contribution in [0, 0.1) is 0 Å². The summed E-state index contributed by atoms with van der Waals surface area (Å²) in [5.41, 5.74) is 6.08. The van der Waals surface area contributed by atoms with Crippen LogP contribution in [0.2, 0.25) is 0 Å². The zero-order valence-corrected chi connectivity index (χ0v) is 11.3. The molecule has 94 valence electrons. The summed E-state index contributed by atoms with van der Waals surface area (Å²) in [4.78, 5) is 2.43. The quantitative estimate of drug-likeness (QED) is 0.787. The van der Waals surface area contributed by atoms with E-state index in [2.05, 4.69) is 43.3 Å². The third kappa shape index (κ3) is 2.63. The van der Waals surface area contributed by atoms with Gasteiger partial charge in [0.25, 0.3) is 0 Å². The molecule has 0 spiro atoms. The zero-order valence-electron chi connectivity index (χ0n) is 11.3. The molecular formula is C15H24N2. The van der Waals surface area contributed by atoms with Crippen LogP contribution in [0.4, 0.5) is 0 Å². The third-order valence-electron chi connectivity index (χ3n) is 3.81. The second-order valence-electron chi connectivity index (χ2n) is 4.89. The lowest BCUT2D eigenvalue weighted by atomic mass is 9.93. The van der Waals surface area contributed by atoms with E-state index in [0.29, 0.717) is 0 Å². The average Bonchev–Trinajstić information content (AvgIpc) is 2.37. The second-order valence-corrected chi connectivity index (χ2v) is 4.89. The van der Waals surface area contributed by atoms with Crippen LogP contribution in [0.3, 0.4) is 0 Å². The van der Waals surface area contributed by atoms with Gasteiger partial charge in [-0.25, -0.2) is 0 Å². The van der Waals surface area contributed by atoms with Crippen LogP contribution in [-0.4, -0.2) is 31.6 Å². The number of rotatable bonds is 2. The Morgan fingerprint density at radius 3 is 2.82 bits per heavy atom. The van der Waals surface area contributed by atoms with Crippen molar-refractivity contribution in [3.8, 4) is 0 Å². The van der Waals surface area contributed by atoms with E-state index in [9.17, 15) is 0 Å². The summed E-state index contributed by atoms with van der Waals surface area (Å²) in [6, 6.07) is 0. The van der Waals surface area contributed by atoms with Gasteiger partial charge in [0.1, 0.15) is 0 Å². The molecule has 1 N–H and O–H groups in total. The van der Waals surface area contributed by atoms with E-state index >= 15 is 0 Å². The van der Waals surface area contributed by atoms with Gasteiger partial charge in [0.15, 0.2) is 0 Å². The standard InChI is InChI=1S/C15H24N2/c1-4-12-7-9-17(3)15-6-8-16-11-14(15)13(5-2)10-12/h7,10,16H,4-6,8-9,11H2,1-3H3/b12-7-,13-10+. The Kier molecular flexibility index (Phi) is 4.06. The topological polar surface area (TPSA) is 15.3 Å². The van der Waals surface area contributed by atoms with Gasteiger partial charge in [-0.3, -0.25) is 0 Å². The minimum absolute atomic E-state index is 1.04. The van der Waals surface area contributed by atoms with E-state index in [1.807, 2.05) is 0 Å². The largest absolute Gasteiger partial charge is 0.374 e. The minimum Gasteiger partial charge on any atom is -0.374 e. The van der Waals surface area contributed by atoms with Crippen molar-refractivity contribution in [1.82, 2.24) is 10.2 Å². The van der Waals surface area contributed by atoms with Crippen LogP contribution in [0.15, 0.2) is 34.6 Å². The highest BCUT2D eigenvalue weighted by Gasteiger charge is 2.19. The molecule has 2 rings (SSSR count). The fraction of sp³-hybridized carbons (Fsp3) is 0.600. The van der Waals surface area contributed by atoms with E-state index in [1.165, 1.54) is 17.6 Å². The lowest BCUT2D eigenvalue weighted by Gasteiger charge is -2.31. The molecule has 0 aromatic rings. The maximum absolute atomic E-state index is 3.50. The molecular weight excluding hydrogens is 208 g/mol. The molecule has 0 aliphatic carbocycles. The number of nitrogens with one attached hydrogen (secondary N) is 1. The summed E-state index contributed by atoms with van der Waals surface area (Å²) in [7, 11) is 2.23. The van der Waals surface area contributed by atoms with Crippen LogP contribution >= 0.6 is 0 Å². The van der Waals surface area contributed by atoms with E-state index in [-0.39, 0.29) is 0 Å². The number of nitrogens with zero attached hydrogens (tertiary/aromatic N) is 1. The van der Waals surface area contributed by atoms with Crippen molar-refractivity contribution in [1.29, 1.82) is 0 Å². The molecule has 0 aromatic heterocycles. The first kappa shape index (κ1) is 12.4. The summed E-state index contributed by atoms with van der Waals surface area (Å²) in [5.74, 6) is 0. The third-order valence-corrected chi connectivity index (χ3v) is 3.81. The maximum Gasteiger partial charge on any atom is 0.0359 e. The Hall–Kier alpha value is -1.02. The van der Waals surface area contributed by atoms with Gasteiger partial charge >= 0.3 is 0 Å². The number of allylic oxidation sites excluding steroid dienone is 2. The van der Waals surface area contributed by atoms with Gasteiger partial charge in [-0.05, 0) is 24.0 Å². The van der Waals surface area contributed by atoms with Gasteiger partial charge in [-0.1, -0.05) is 31.6 Å². The first-order valence-corrected chi connectivity index (χ1v) is 6.80. The van der Waals surface area contributed by atoms with E-state index in [1.54, 1.807) is 11.3 Å². The van der Waals surface area contributed by atoms with Crippen LogP contribution in [0.5, 0.6) is 0 Å². The zero-order chi connectivity index (χ0) is 12.3. The molecule has 0 bridgehead atoms. The molecule has 2 heteroatoms. The number of hydrogen-bond donors (Lipinski definition) is 1. The molecule has 0 saturated heterocycles. The van der Waals surface area contributed by atoms with Crippen molar-refractivity contribution in [3.63, 3.8) is 0 Å². The van der Waals surface area contributed by atoms with Crippen molar-refractivity contribution in [2.75, 3.05) is 26.7 Å². The van der Waals surface area contributed by atoms with Gasteiger partial charge in [-0.15, -0.1) is 0 Å². The Labute approximate surface area is 105 Å². The summed E-state index contributed by atoms with van der Waals surface area (Å²) >= 11 is 0. The SMILES string of the molecule is CCC1=C/CN(C)C2=C(CNCC2)\C(CC)=C\1. The average molecular weight is 232 g/mol. The van der Waals surface area contributed by atoms with Gasteiger partial charge in [0, 0.05) is 38.8 Å². The molecule has 0 radical (unpaired) electrons. The molecule has 0 aromatic carbocycles. The van der Waals surface area contributed by atoms with Crippen molar-refractivity contribution in [3.05, 3.63) is 34.6 Å². The summed E-state index contributed by atoms with van der Waals surface area (Å²) in [5, 5.41) is 3.50. The van der Waals surface area contributed by atoms with Crippen molar-refractivity contribution < 1.29 is 0 Å². The maximum atomic E-state index is 3.50. The summed E-state index contributed by atoms with van der Waals surface area (Å²) in [6.45, 7) is 7.71. The Bertz CT molecular complexity index is 374. The first-order valence-electron chi connectivity index (χ1n) is 6.80. The lowest BCUT2D eigenvalue weighted by molar-refractivity contribution is 0.418. The minimum atomic E-state index is 1.04. The lowest BCUT2D eigenvalue weighted by Crippen LogP contribution is -2.33. The monoisotopic (exact) mass is 232 g/mol. The van der Waals surface area contributed by atoms with Crippen LogP contribution in [-0.2, 0) is 0 Å². The Morgan fingerprint density at radius 2 is 2.12 bits per heavy atom. The molecule has 0 amide bonds. The second kappa shape index (κ2) is 5.54. The molecule has 2 nitrogen and oxygen atoms in total. The number of hydrogen-bond acceptors (Lipinski definition) is 2. The molecule has 0 saturated carbocycles. The van der Waals surface area contributed by atoms with Crippen LogP contribution in [0.25, 0.3) is 0 Å². The Balaban J connectivity index is 2.43. The van der Waals surface area contributed by atoms with Crippen LogP contribution in [0.1, 0.15) is 33.1 Å². The molecule has 17 heavy (non-hydrogen) atoms. The smallest absolute Gasteiger partial charge is 0.0359 e. The highest BCUT2D eigenvalue weighted by Crippen LogP contribution is 2.27. The van der Waals surface area contributed by atoms with E-state index in [0.717, 1.165) is 32.5 Å². The van der Waals surface area contributed by atoms with Crippen molar-refractivity contribution in [2.24, 2.45) is 0 Å². The van der Waals surface area contributed by atoms with Gasteiger partial charge in [-0.2, -0.15) is 0 Å². The predicted octanol–water partition coefficient (Wildman–Crippen LogP) is 2.85. The summed E-state index contributed by atoms with van der Waals surface area (Å²) < 4.78 is 0. The van der Waals surface area contributed by atoms with Crippen LogP contribution < -0.4 is 5.32 Å². The van der Waals surface area contributed by atoms with Crippen molar-refractivity contribution >= 4 is 0 Å². The summed E-state index contributed by atoms with van der Waals surface area (Å²) in [6.07, 6.45) is 8.22. The highest BCUT2D eigenvalue weighted by molar-refractivity contribution is 5.43. The van der Waals surface area contributed by atoms with Gasteiger partial charge in [0.05, 0.1) is 0 Å². The van der Waals surface area contributed by atoms with Gasteiger partial charge < -0.3 is 10.2 Å². The van der Waals surface area contributed by atoms with Crippen molar-refractivity contribution in [2.45, 2.75) is 33.1 Å². The molecule has 2 aliphatic heterocycles. The molecule has 0 unspecified atom stereocenters. The normalized spacial score (nSPS) is 27.6. The fourth-order valence-electron chi connectivity index (χ4n) is 2.69. The van der Waals surface area contributed by atoms with E-state index in [4.69, 9.17) is 0 Å². The molecule has 2 aliphatic rings. The highest BCUT2D eigenvalue weighted by atomic mass is 15.1. The van der Waals surface area contributed by atoms with Gasteiger partial charge in [0.2, 0.25) is 0 Å². The molecule has 2 heterocycles.